The zero-order valence-corrected chi connectivity index (χ0v) is 14.6. The van der Waals surface area contributed by atoms with E-state index in [1.54, 1.807) is 12.4 Å². The van der Waals surface area contributed by atoms with Gasteiger partial charge in [-0.05, 0) is 48.9 Å². The molecule has 1 fully saturated rings. The summed E-state index contributed by atoms with van der Waals surface area (Å²) in [7, 11) is 0. The number of rotatable bonds is 6. The van der Waals surface area contributed by atoms with Crippen molar-refractivity contribution in [1.82, 2.24) is 10.3 Å². The van der Waals surface area contributed by atoms with Crippen molar-refractivity contribution in [1.29, 1.82) is 0 Å². The molecule has 0 atom stereocenters. The van der Waals surface area contributed by atoms with Gasteiger partial charge in [0.1, 0.15) is 5.41 Å². The van der Waals surface area contributed by atoms with Gasteiger partial charge in [0.25, 0.3) is 0 Å². The van der Waals surface area contributed by atoms with Gasteiger partial charge in [-0.25, -0.2) is 0 Å². The quantitative estimate of drug-likeness (QED) is 0.796. The molecule has 0 spiro atoms. The fourth-order valence-corrected chi connectivity index (χ4v) is 2.97. The molecule has 1 aromatic carbocycles. The third-order valence-corrected chi connectivity index (χ3v) is 4.77. The first-order chi connectivity index (χ1) is 12.1. The smallest absolute Gasteiger partial charge is 0.240 e. The van der Waals surface area contributed by atoms with E-state index in [-0.39, 0.29) is 11.8 Å². The average molecular weight is 337 g/mol. The number of nitrogens with one attached hydrogen (secondary N) is 2. The van der Waals surface area contributed by atoms with Crippen LogP contribution in [0.1, 0.15) is 36.5 Å². The van der Waals surface area contributed by atoms with E-state index in [1.807, 2.05) is 37.3 Å². The molecule has 5 nitrogen and oxygen atoms in total. The predicted molar refractivity (Wildman–Crippen MR) is 96.9 cm³/mol. The van der Waals surface area contributed by atoms with Crippen molar-refractivity contribution < 1.29 is 9.59 Å². The molecule has 5 heteroatoms. The summed E-state index contributed by atoms with van der Waals surface area (Å²) in [5, 5.41) is 5.87. The number of aryl methyl sites for hydroxylation is 2. The number of nitrogens with zero attached hydrogens (tertiary/aromatic N) is 1. The van der Waals surface area contributed by atoms with Crippen molar-refractivity contribution in [2.75, 3.05) is 5.32 Å². The van der Waals surface area contributed by atoms with Crippen LogP contribution in [0.5, 0.6) is 0 Å². The maximum absolute atomic E-state index is 12.8. The predicted octanol–water partition coefficient (Wildman–Crippen LogP) is 2.99. The van der Waals surface area contributed by atoms with Crippen molar-refractivity contribution in [3.63, 3.8) is 0 Å². The number of benzene rings is 1. The molecule has 2 N–H and O–H groups in total. The topological polar surface area (TPSA) is 71.1 Å². The van der Waals surface area contributed by atoms with E-state index in [9.17, 15) is 9.59 Å². The van der Waals surface area contributed by atoms with Crippen LogP contribution in [0.25, 0.3) is 0 Å². The van der Waals surface area contributed by atoms with Crippen LogP contribution in [0.2, 0.25) is 0 Å². The monoisotopic (exact) mass is 337 g/mol. The highest BCUT2D eigenvalue weighted by atomic mass is 16.2. The molecule has 2 amide bonds. The minimum absolute atomic E-state index is 0.208. The molecule has 0 aliphatic heterocycles. The van der Waals surface area contributed by atoms with Gasteiger partial charge in [0.15, 0.2) is 0 Å². The Balaban J connectivity index is 1.68. The summed E-state index contributed by atoms with van der Waals surface area (Å²) in [6.07, 6.45) is 5.41. The van der Waals surface area contributed by atoms with Crippen LogP contribution in [0, 0.1) is 12.3 Å². The van der Waals surface area contributed by atoms with Crippen molar-refractivity contribution >= 4 is 17.5 Å². The van der Waals surface area contributed by atoms with Crippen LogP contribution < -0.4 is 10.6 Å². The lowest BCUT2D eigenvalue weighted by Crippen LogP contribution is -2.39. The number of para-hydroxylation sites is 1. The van der Waals surface area contributed by atoms with Crippen molar-refractivity contribution in [2.45, 2.75) is 39.7 Å². The second-order valence-electron chi connectivity index (χ2n) is 6.54. The van der Waals surface area contributed by atoms with Crippen LogP contribution in [0.3, 0.4) is 0 Å². The number of aromatic nitrogens is 1. The second kappa shape index (κ2) is 7.05. The van der Waals surface area contributed by atoms with Gasteiger partial charge in [-0.1, -0.05) is 31.2 Å². The minimum atomic E-state index is -0.935. The maximum atomic E-state index is 12.8. The highest BCUT2D eigenvalue weighted by Crippen LogP contribution is 2.47. The number of pyridine rings is 1. The van der Waals surface area contributed by atoms with Gasteiger partial charge in [0.05, 0.1) is 0 Å². The van der Waals surface area contributed by atoms with E-state index >= 15 is 0 Å². The van der Waals surface area contributed by atoms with E-state index in [1.165, 1.54) is 0 Å². The van der Waals surface area contributed by atoms with E-state index in [0.29, 0.717) is 19.4 Å². The van der Waals surface area contributed by atoms with Crippen molar-refractivity contribution in [3.05, 3.63) is 59.4 Å². The molecule has 0 saturated heterocycles. The summed E-state index contributed by atoms with van der Waals surface area (Å²) in [5.74, 6) is -0.416. The minimum Gasteiger partial charge on any atom is -0.351 e. The first-order valence-corrected chi connectivity index (χ1v) is 8.64. The zero-order valence-electron chi connectivity index (χ0n) is 14.6. The van der Waals surface area contributed by atoms with Gasteiger partial charge in [-0.15, -0.1) is 0 Å². The molecular formula is C20H23N3O2. The second-order valence-corrected chi connectivity index (χ2v) is 6.54. The largest absolute Gasteiger partial charge is 0.351 e. The Morgan fingerprint density at radius 2 is 1.96 bits per heavy atom. The standard InChI is InChI=1S/C20H23N3O2/c1-3-16-8-4-6-14(2)17(16)23-19(25)20(9-10-20)18(24)22-13-15-7-5-11-21-12-15/h4-8,11-12H,3,9-10,13H2,1-2H3,(H,22,24)(H,23,25). The Bertz CT molecular complexity index is 783. The molecule has 3 rings (SSSR count). The highest BCUT2D eigenvalue weighted by Gasteiger charge is 2.56. The average Bonchev–Trinajstić information content (AvgIpc) is 3.44. The first kappa shape index (κ1) is 17.1. The fraction of sp³-hybridized carbons (Fsp3) is 0.350. The highest BCUT2D eigenvalue weighted by molar-refractivity contribution is 6.13. The number of hydrogen-bond donors (Lipinski definition) is 2. The van der Waals surface area contributed by atoms with Gasteiger partial charge in [-0.2, -0.15) is 0 Å². The molecule has 1 heterocycles. The fourth-order valence-electron chi connectivity index (χ4n) is 2.97. The number of amides is 2. The Morgan fingerprint density at radius 1 is 1.16 bits per heavy atom. The lowest BCUT2D eigenvalue weighted by Gasteiger charge is -2.18. The number of hydrogen-bond acceptors (Lipinski definition) is 3. The van der Waals surface area contributed by atoms with Crippen molar-refractivity contribution in [2.24, 2.45) is 5.41 Å². The summed E-state index contributed by atoms with van der Waals surface area (Å²) in [5.41, 5.74) is 2.91. The molecule has 2 aromatic rings. The third-order valence-electron chi connectivity index (χ3n) is 4.77. The van der Waals surface area contributed by atoms with Gasteiger partial charge in [-0.3, -0.25) is 14.6 Å². The first-order valence-electron chi connectivity index (χ1n) is 8.64. The molecule has 0 radical (unpaired) electrons. The molecule has 1 saturated carbocycles. The Kier molecular flexibility index (Phi) is 4.83. The van der Waals surface area contributed by atoms with Crippen molar-refractivity contribution in [3.8, 4) is 0 Å². The molecular weight excluding hydrogens is 314 g/mol. The molecule has 25 heavy (non-hydrogen) atoms. The molecule has 1 aliphatic carbocycles. The Labute approximate surface area is 147 Å². The molecule has 0 bridgehead atoms. The van der Waals surface area contributed by atoms with Gasteiger partial charge in [0, 0.05) is 24.6 Å². The third kappa shape index (κ3) is 3.55. The van der Waals surface area contributed by atoms with Crippen LogP contribution in [0.15, 0.2) is 42.7 Å². The van der Waals surface area contributed by atoms with E-state index < -0.39 is 5.41 Å². The normalized spacial score (nSPS) is 14.6. The number of carbonyl (C=O) groups is 2. The Hall–Kier alpha value is -2.69. The summed E-state index contributed by atoms with van der Waals surface area (Å²) >= 11 is 0. The van der Waals surface area contributed by atoms with E-state index in [0.717, 1.165) is 28.8 Å². The van der Waals surface area contributed by atoms with Crippen LogP contribution >= 0.6 is 0 Å². The van der Waals surface area contributed by atoms with Crippen LogP contribution in [0.4, 0.5) is 5.69 Å². The molecule has 130 valence electrons. The summed E-state index contributed by atoms with van der Waals surface area (Å²) < 4.78 is 0. The van der Waals surface area contributed by atoms with E-state index in [2.05, 4.69) is 22.5 Å². The lowest BCUT2D eigenvalue weighted by molar-refractivity contribution is -0.134. The molecule has 0 unspecified atom stereocenters. The summed E-state index contributed by atoms with van der Waals surface area (Å²) in [6, 6.07) is 9.68. The SMILES string of the molecule is CCc1cccc(C)c1NC(=O)C1(C(=O)NCc2cccnc2)CC1. The summed E-state index contributed by atoms with van der Waals surface area (Å²) in [4.78, 5) is 29.4. The van der Waals surface area contributed by atoms with E-state index in [4.69, 9.17) is 0 Å². The van der Waals surface area contributed by atoms with Crippen LogP contribution in [-0.4, -0.2) is 16.8 Å². The van der Waals surface area contributed by atoms with Crippen LogP contribution in [-0.2, 0) is 22.6 Å². The summed E-state index contributed by atoms with van der Waals surface area (Å²) in [6.45, 7) is 4.40. The molecule has 1 aliphatic rings. The Morgan fingerprint density at radius 3 is 2.60 bits per heavy atom. The maximum Gasteiger partial charge on any atom is 0.240 e. The lowest BCUT2D eigenvalue weighted by atomic mass is 10.0. The number of carbonyl (C=O) groups excluding carboxylic acids is 2. The van der Waals surface area contributed by atoms with Gasteiger partial charge >= 0.3 is 0 Å². The van der Waals surface area contributed by atoms with Gasteiger partial charge < -0.3 is 10.6 Å². The molecule has 1 aromatic heterocycles. The van der Waals surface area contributed by atoms with Gasteiger partial charge in [0.2, 0.25) is 11.8 Å². The number of anilines is 1. The zero-order chi connectivity index (χ0) is 17.9.